The van der Waals surface area contributed by atoms with Gasteiger partial charge < -0.3 is 0 Å². The third-order valence-electron chi connectivity index (χ3n) is 2.49. The summed E-state index contributed by atoms with van der Waals surface area (Å²) in [6.07, 6.45) is -22.0. The van der Waals surface area contributed by atoms with Crippen molar-refractivity contribution in [3.05, 3.63) is 0 Å². The van der Waals surface area contributed by atoms with Crippen molar-refractivity contribution in [1.29, 1.82) is 5.26 Å². The summed E-state index contributed by atoms with van der Waals surface area (Å²) in [5, 5.41) is 7.69. The van der Waals surface area contributed by atoms with Crippen molar-refractivity contribution in [2.24, 2.45) is 0 Å². The molecule has 0 spiro atoms. The van der Waals surface area contributed by atoms with Gasteiger partial charge in [0.2, 0.25) is 0 Å². The van der Waals surface area contributed by atoms with Crippen LogP contribution < -0.4 is 0 Å². The Hall–Kier alpha value is -0.180. The number of rotatable bonds is 8. The molecule has 0 aliphatic rings. The molecule has 0 aromatic carbocycles. The first-order chi connectivity index (χ1) is 12.2. The Morgan fingerprint density at radius 2 is 1.00 bits per heavy atom. The van der Waals surface area contributed by atoms with Gasteiger partial charge in [0.15, 0.2) is 0 Å². The lowest BCUT2D eigenvalue weighted by Gasteiger charge is -2.40. The van der Waals surface area contributed by atoms with E-state index in [2.05, 4.69) is 4.74 Å². The number of alkyl halides is 17. The van der Waals surface area contributed by atoms with E-state index in [1.54, 1.807) is 4.74 Å². The summed E-state index contributed by atoms with van der Waals surface area (Å²) < 4.78 is 187. The number of ether oxygens (including phenoxy) is 2. The minimum Gasteiger partial charge on any atom is -0.264 e. The molecule has 3 nitrogen and oxygen atoms in total. The maximum absolute atomic E-state index is 13.7. The summed E-state index contributed by atoms with van der Waals surface area (Å²) in [5.41, 5.74) is 0. The average molecular weight is 693 g/mol. The molecule has 0 aliphatic carbocycles. The molecule has 0 aromatic rings. The molecule has 0 heterocycles. The number of hydrogen-bond acceptors (Lipinski definition) is 3. The maximum Gasteiger partial charge on any atom is 0.458 e. The van der Waals surface area contributed by atoms with Crippen LogP contribution in [0.5, 0.6) is 0 Å². The van der Waals surface area contributed by atoms with E-state index in [1.807, 2.05) is 0 Å². The fraction of sp³-hybridized carbons (Fsp3) is 0.889. The summed E-state index contributed by atoms with van der Waals surface area (Å²) in [5.74, 6) is -20.4. The van der Waals surface area contributed by atoms with Gasteiger partial charge in [-0.2, -0.15) is 71.1 Å². The molecule has 2 unspecified atom stereocenters. The summed E-state index contributed by atoms with van der Waals surface area (Å²) >= 11 is -1.37. The number of nitriles is 1. The van der Waals surface area contributed by atoms with Crippen molar-refractivity contribution in [3.63, 3.8) is 0 Å². The number of hydrogen-bond donors (Lipinski definition) is 0. The predicted molar refractivity (Wildman–Crippen MR) is 74.3 cm³/mol. The molecule has 29 heavy (non-hydrogen) atoms. The summed E-state index contributed by atoms with van der Waals surface area (Å²) in [7, 11) is 0. The largest absolute Gasteiger partial charge is 0.458 e. The van der Waals surface area contributed by atoms with Crippen molar-refractivity contribution in [2.45, 2.75) is 43.9 Å². The zero-order valence-electron chi connectivity index (χ0n) is 12.2. The van der Waals surface area contributed by atoms with Crippen LogP contribution in [0, 0.1) is 11.3 Å². The molecule has 0 aromatic heterocycles. The van der Waals surface area contributed by atoms with Crippen LogP contribution in [0.1, 0.15) is 0 Å². The molecule has 0 N–H and O–H groups in total. The maximum atomic E-state index is 13.7. The van der Waals surface area contributed by atoms with E-state index in [9.17, 15) is 65.9 Å². The Balaban J connectivity index is 6.43. The van der Waals surface area contributed by atoms with Crippen molar-refractivity contribution in [1.82, 2.24) is 0 Å². The van der Waals surface area contributed by atoms with Crippen LogP contribution >= 0.6 is 45.2 Å². The second-order valence-corrected chi connectivity index (χ2v) is 7.35. The highest BCUT2D eigenvalue weighted by atomic mass is 127. The highest BCUT2D eigenvalue weighted by molar-refractivity contribution is 14.1. The van der Waals surface area contributed by atoms with E-state index in [1.165, 1.54) is 0 Å². The second-order valence-electron chi connectivity index (χ2n) is 4.61. The van der Waals surface area contributed by atoms with Crippen molar-refractivity contribution >= 4 is 45.2 Å². The fourth-order valence-corrected chi connectivity index (χ4v) is 2.52. The molecule has 0 aliphatic heterocycles. The highest BCUT2D eigenvalue weighted by Gasteiger charge is 2.83. The van der Waals surface area contributed by atoms with Crippen LogP contribution in [-0.4, -0.2) is 43.9 Å². The highest BCUT2D eigenvalue weighted by Crippen LogP contribution is 2.58. The van der Waals surface area contributed by atoms with Gasteiger partial charge in [0.1, 0.15) is 6.07 Å². The smallest absolute Gasteiger partial charge is 0.264 e. The van der Waals surface area contributed by atoms with E-state index in [4.69, 9.17) is 5.26 Å². The predicted octanol–water partition coefficient (Wildman–Crippen LogP) is 6.31. The first kappa shape index (κ1) is 28.8. The van der Waals surface area contributed by atoms with Crippen molar-refractivity contribution in [2.75, 3.05) is 0 Å². The van der Waals surface area contributed by atoms with Gasteiger partial charge in [-0.25, -0.2) is 0 Å². The summed E-state index contributed by atoms with van der Waals surface area (Å²) in [4.78, 5) is 0. The SMILES string of the molecule is N#CC(F)(F)C(F)(F)OC(F)(C(F)(F)F)C(F)(F)OC(F)(I)C(F)(F)C(F)(F)I. The quantitative estimate of drug-likeness (QED) is 0.170. The molecule has 172 valence electrons. The normalized spacial score (nSPS) is 19.3. The third kappa shape index (κ3) is 5.18. The topological polar surface area (TPSA) is 42.2 Å². The third-order valence-corrected chi connectivity index (χ3v) is 4.07. The van der Waals surface area contributed by atoms with Crippen LogP contribution in [-0.2, 0) is 9.47 Å². The Morgan fingerprint density at radius 3 is 1.28 bits per heavy atom. The summed E-state index contributed by atoms with van der Waals surface area (Å²) in [6, 6.07) is -0.724. The average Bonchev–Trinajstić information content (AvgIpc) is 2.42. The van der Waals surface area contributed by atoms with Gasteiger partial charge in [-0.05, 0) is 0 Å². The van der Waals surface area contributed by atoms with Crippen molar-refractivity contribution < 1.29 is 75.3 Å². The molecule has 0 fully saturated rings. The zero-order valence-corrected chi connectivity index (χ0v) is 16.5. The van der Waals surface area contributed by atoms with Crippen LogP contribution in [0.2, 0.25) is 0 Å². The minimum absolute atomic E-state index is 0.585. The molecule has 20 heteroatoms. The van der Waals surface area contributed by atoms with Gasteiger partial charge in [0.25, 0.3) is 0 Å². The Morgan fingerprint density at radius 1 is 0.621 bits per heavy atom. The molecule has 0 radical (unpaired) electrons. The first-order valence-corrected chi connectivity index (χ1v) is 7.91. The number of halogens is 17. The monoisotopic (exact) mass is 693 g/mol. The van der Waals surface area contributed by atoms with E-state index in [-0.39, 0.29) is 0 Å². The van der Waals surface area contributed by atoms with Gasteiger partial charge in [0.05, 0.1) is 0 Å². The van der Waals surface area contributed by atoms with Gasteiger partial charge in [-0.1, -0.05) is 0 Å². The fourth-order valence-electron chi connectivity index (χ4n) is 1.04. The van der Waals surface area contributed by atoms with E-state index in [0.717, 1.165) is 0 Å². The second kappa shape index (κ2) is 7.75. The Labute approximate surface area is 175 Å². The number of nitrogens with zero attached hydrogens (tertiary/aromatic N) is 1. The van der Waals surface area contributed by atoms with Crippen LogP contribution in [0.3, 0.4) is 0 Å². The standard InChI is InChI=1S/C9F15I2NO2/c10-2(11,1-27)7(20,21)28-4(14,5(15,16)17)8(22,23)29-9(24,26)3(12,13)6(18,19)25. The molecule has 0 saturated carbocycles. The van der Waals surface area contributed by atoms with E-state index >= 15 is 0 Å². The van der Waals surface area contributed by atoms with Gasteiger partial charge in [-0.3, -0.25) is 9.47 Å². The van der Waals surface area contributed by atoms with Gasteiger partial charge >= 0.3 is 43.9 Å². The molecule has 0 saturated heterocycles. The molecule has 0 rings (SSSR count). The molecular weight excluding hydrogens is 693 g/mol. The lowest BCUT2D eigenvalue weighted by molar-refractivity contribution is -0.528. The first-order valence-electron chi connectivity index (χ1n) is 5.75. The Bertz CT molecular complexity index is 652. The molecule has 0 amide bonds. The van der Waals surface area contributed by atoms with E-state index < -0.39 is 95.1 Å². The minimum atomic E-state index is -7.56. The van der Waals surface area contributed by atoms with Gasteiger partial charge in [-0.15, -0.1) is 0 Å². The molecule has 0 bridgehead atoms. The van der Waals surface area contributed by atoms with Gasteiger partial charge in [0, 0.05) is 45.2 Å². The summed E-state index contributed by atoms with van der Waals surface area (Å²) in [6.45, 7) is 0. The molecule has 2 atom stereocenters. The van der Waals surface area contributed by atoms with Crippen LogP contribution in [0.15, 0.2) is 0 Å². The lowest BCUT2D eigenvalue weighted by Crippen LogP contribution is -2.66. The Kier molecular flexibility index (Phi) is 7.70. The zero-order chi connectivity index (χ0) is 24.1. The van der Waals surface area contributed by atoms with E-state index in [0.29, 0.717) is 0 Å². The van der Waals surface area contributed by atoms with Crippen LogP contribution in [0.4, 0.5) is 65.9 Å². The molecular formula is C9F15I2NO2. The van der Waals surface area contributed by atoms with Crippen LogP contribution in [0.25, 0.3) is 0 Å². The van der Waals surface area contributed by atoms with Crippen molar-refractivity contribution in [3.8, 4) is 6.07 Å². The lowest BCUT2D eigenvalue weighted by atomic mass is 10.2.